The van der Waals surface area contributed by atoms with Gasteiger partial charge in [-0.25, -0.2) is 4.98 Å². The summed E-state index contributed by atoms with van der Waals surface area (Å²) in [5.74, 6) is 0.989. The Kier molecular flexibility index (Phi) is 2.30. The molecule has 1 heterocycles. The van der Waals surface area contributed by atoms with Gasteiger partial charge in [0.15, 0.2) is 0 Å². The quantitative estimate of drug-likeness (QED) is 0.720. The zero-order valence-electron chi connectivity index (χ0n) is 7.09. The minimum atomic E-state index is 0.745. The number of hydrogen-bond acceptors (Lipinski definition) is 1. The number of aromatic nitrogens is 2. The molecule has 0 aliphatic rings. The average Bonchev–Trinajstić information content (AvgIpc) is 2.44. The molecule has 0 atom stereocenters. The Morgan fingerprint density at radius 3 is 2.92 bits per heavy atom. The lowest BCUT2D eigenvalue weighted by atomic mass is 10.3. The number of fused-ring (bicyclic) bond motifs is 1. The zero-order valence-corrected chi connectivity index (χ0v) is 9.43. The van der Waals surface area contributed by atoms with E-state index in [0.29, 0.717) is 0 Å². The first-order valence-corrected chi connectivity index (χ1v) is 5.39. The molecule has 0 unspecified atom stereocenters. The number of halogens is 2. The van der Waals surface area contributed by atoms with E-state index < -0.39 is 0 Å². The van der Waals surface area contributed by atoms with Gasteiger partial charge in [0.2, 0.25) is 0 Å². The van der Waals surface area contributed by atoms with Gasteiger partial charge >= 0.3 is 0 Å². The standard InChI is InChI=1S/C9H8BrClN2/c1-13-8(5-10)12-7-4-2-3-6(11)9(7)13/h2-4H,5H2,1H3. The lowest BCUT2D eigenvalue weighted by Gasteiger charge is -1.98. The smallest absolute Gasteiger partial charge is 0.120 e. The van der Waals surface area contributed by atoms with Gasteiger partial charge in [-0.05, 0) is 12.1 Å². The van der Waals surface area contributed by atoms with Crippen LogP contribution in [0.1, 0.15) is 5.82 Å². The fourth-order valence-corrected chi connectivity index (χ4v) is 2.19. The van der Waals surface area contributed by atoms with Gasteiger partial charge in [-0.2, -0.15) is 0 Å². The summed E-state index contributed by atoms with van der Waals surface area (Å²) < 4.78 is 2.01. The highest BCUT2D eigenvalue weighted by Gasteiger charge is 2.08. The molecule has 0 saturated carbocycles. The third-order valence-electron chi connectivity index (χ3n) is 2.06. The van der Waals surface area contributed by atoms with E-state index >= 15 is 0 Å². The minimum Gasteiger partial charge on any atom is -0.329 e. The van der Waals surface area contributed by atoms with E-state index in [1.54, 1.807) is 0 Å². The van der Waals surface area contributed by atoms with Crippen molar-refractivity contribution in [2.75, 3.05) is 0 Å². The van der Waals surface area contributed by atoms with Crippen molar-refractivity contribution in [3.8, 4) is 0 Å². The van der Waals surface area contributed by atoms with Crippen molar-refractivity contribution < 1.29 is 0 Å². The normalized spacial score (nSPS) is 11.0. The first kappa shape index (κ1) is 9.03. The summed E-state index contributed by atoms with van der Waals surface area (Å²) in [6.45, 7) is 0. The maximum Gasteiger partial charge on any atom is 0.120 e. The fourth-order valence-electron chi connectivity index (χ4n) is 1.39. The fraction of sp³-hybridized carbons (Fsp3) is 0.222. The molecule has 0 N–H and O–H groups in total. The van der Waals surface area contributed by atoms with E-state index in [9.17, 15) is 0 Å². The number of alkyl halides is 1. The Balaban J connectivity index is 2.85. The van der Waals surface area contributed by atoms with Crippen molar-refractivity contribution in [3.63, 3.8) is 0 Å². The maximum absolute atomic E-state index is 6.06. The average molecular weight is 260 g/mol. The molecule has 0 bridgehead atoms. The molecule has 2 aromatic rings. The SMILES string of the molecule is Cn1c(CBr)nc2cccc(Cl)c21. The molecule has 1 aromatic heterocycles. The predicted octanol–water partition coefficient (Wildman–Crippen LogP) is 3.12. The van der Waals surface area contributed by atoms with Crippen LogP contribution in [0.25, 0.3) is 11.0 Å². The second-order valence-corrected chi connectivity index (χ2v) is 3.80. The third-order valence-corrected chi connectivity index (χ3v) is 2.86. The Labute approximate surface area is 89.7 Å². The van der Waals surface area contributed by atoms with E-state index in [-0.39, 0.29) is 0 Å². The molecular weight excluding hydrogens is 251 g/mol. The van der Waals surface area contributed by atoms with Crippen LogP contribution in [-0.2, 0) is 12.4 Å². The highest BCUT2D eigenvalue weighted by Crippen LogP contribution is 2.24. The van der Waals surface area contributed by atoms with Crippen molar-refractivity contribution in [2.24, 2.45) is 7.05 Å². The van der Waals surface area contributed by atoms with Gasteiger partial charge in [-0.3, -0.25) is 0 Å². The number of para-hydroxylation sites is 1. The van der Waals surface area contributed by atoms with Crippen LogP contribution in [0.15, 0.2) is 18.2 Å². The second-order valence-electron chi connectivity index (χ2n) is 2.83. The van der Waals surface area contributed by atoms with E-state index in [4.69, 9.17) is 11.6 Å². The summed E-state index contributed by atoms with van der Waals surface area (Å²) in [7, 11) is 1.97. The molecule has 2 nitrogen and oxygen atoms in total. The van der Waals surface area contributed by atoms with E-state index in [1.165, 1.54) is 0 Å². The molecule has 13 heavy (non-hydrogen) atoms. The number of nitrogens with zero attached hydrogens (tertiary/aromatic N) is 2. The van der Waals surface area contributed by atoms with Crippen LogP contribution < -0.4 is 0 Å². The molecule has 0 spiro atoms. The predicted molar refractivity (Wildman–Crippen MR) is 58.4 cm³/mol. The summed E-state index contributed by atoms with van der Waals surface area (Å²) in [4.78, 5) is 4.42. The summed E-state index contributed by atoms with van der Waals surface area (Å²) in [6, 6.07) is 5.76. The lowest BCUT2D eigenvalue weighted by Crippen LogP contribution is -1.93. The summed E-state index contributed by atoms with van der Waals surface area (Å²) >= 11 is 9.44. The van der Waals surface area contributed by atoms with Gasteiger partial charge in [-0.1, -0.05) is 33.6 Å². The van der Waals surface area contributed by atoms with Crippen molar-refractivity contribution in [1.29, 1.82) is 0 Å². The van der Waals surface area contributed by atoms with Crippen LogP contribution in [0.2, 0.25) is 5.02 Å². The summed E-state index contributed by atoms with van der Waals surface area (Å²) in [6.07, 6.45) is 0. The molecular formula is C9H8BrClN2. The topological polar surface area (TPSA) is 17.8 Å². The van der Waals surface area contributed by atoms with Crippen molar-refractivity contribution in [1.82, 2.24) is 9.55 Å². The molecule has 0 saturated heterocycles. The van der Waals surface area contributed by atoms with Crippen LogP contribution >= 0.6 is 27.5 Å². The Morgan fingerprint density at radius 1 is 1.54 bits per heavy atom. The van der Waals surface area contributed by atoms with E-state index in [0.717, 1.165) is 27.2 Å². The Bertz CT molecular complexity index is 450. The monoisotopic (exact) mass is 258 g/mol. The Morgan fingerprint density at radius 2 is 2.31 bits per heavy atom. The molecule has 1 aromatic carbocycles. The summed E-state index contributed by atoms with van der Waals surface area (Å²) in [5, 5.41) is 1.49. The second kappa shape index (κ2) is 3.31. The molecule has 0 fully saturated rings. The highest BCUT2D eigenvalue weighted by atomic mass is 79.9. The van der Waals surface area contributed by atoms with E-state index in [2.05, 4.69) is 20.9 Å². The van der Waals surface area contributed by atoms with E-state index in [1.807, 2.05) is 29.8 Å². The van der Waals surface area contributed by atoms with Gasteiger partial charge in [0.05, 0.1) is 21.4 Å². The summed E-state index contributed by atoms with van der Waals surface area (Å²) in [5.41, 5.74) is 1.95. The first-order chi connectivity index (χ1) is 6.24. The van der Waals surface area contributed by atoms with Crippen LogP contribution in [0.4, 0.5) is 0 Å². The molecule has 0 aliphatic carbocycles. The number of hydrogen-bond donors (Lipinski definition) is 0. The van der Waals surface area contributed by atoms with Crippen LogP contribution in [0.5, 0.6) is 0 Å². The number of rotatable bonds is 1. The van der Waals surface area contributed by atoms with Crippen molar-refractivity contribution >= 4 is 38.6 Å². The van der Waals surface area contributed by atoms with Gasteiger partial charge < -0.3 is 4.57 Å². The zero-order chi connectivity index (χ0) is 9.42. The lowest BCUT2D eigenvalue weighted by molar-refractivity contribution is 0.879. The first-order valence-electron chi connectivity index (χ1n) is 3.90. The number of aryl methyl sites for hydroxylation is 1. The third kappa shape index (κ3) is 1.36. The van der Waals surface area contributed by atoms with Gasteiger partial charge in [0.1, 0.15) is 5.82 Å². The van der Waals surface area contributed by atoms with Gasteiger partial charge in [-0.15, -0.1) is 0 Å². The molecule has 4 heteroatoms. The maximum atomic E-state index is 6.06. The molecule has 0 aliphatic heterocycles. The Hall–Kier alpha value is -0.540. The van der Waals surface area contributed by atoms with Crippen molar-refractivity contribution in [3.05, 3.63) is 29.0 Å². The van der Waals surface area contributed by atoms with Crippen LogP contribution in [0.3, 0.4) is 0 Å². The highest BCUT2D eigenvalue weighted by molar-refractivity contribution is 9.08. The van der Waals surface area contributed by atoms with Crippen LogP contribution in [0, 0.1) is 0 Å². The van der Waals surface area contributed by atoms with Gasteiger partial charge in [0, 0.05) is 7.05 Å². The van der Waals surface area contributed by atoms with Crippen LogP contribution in [-0.4, -0.2) is 9.55 Å². The molecule has 0 radical (unpaired) electrons. The van der Waals surface area contributed by atoms with Gasteiger partial charge in [0.25, 0.3) is 0 Å². The van der Waals surface area contributed by atoms with Crippen molar-refractivity contribution in [2.45, 2.75) is 5.33 Å². The molecule has 0 amide bonds. The largest absolute Gasteiger partial charge is 0.329 e. The number of benzene rings is 1. The molecule has 2 rings (SSSR count). The minimum absolute atomic E-state index is 0.745. The molecule has 68 valence electrons. The number of imidazole rings is 1.